The van der Waals surface area contributed by atoms with Crippen LogP contribution >= 0.6 is 0 Å². The molecule has 3 N–H and O–H groups in total. The maximum Gasteiger partial charge on any atom is 0.284 e. The van der Waals surface area contributed by atoms with E-state index in [9.17, 15) is 4.79 Å². The molecule has 0 spiro atoms. The van der Waals surface area contributed by atoms with Crippen LogP contribution in [-0.2, 0) is 11.3 Å². The average molecular weight is 308 g/mol. The highest BCUT2D eigenvalue weighted by atomic mass is 16.5. The molecule has 1 amide bonds. The van der Waals surface area contributed by atoms with E-state index in [0.29, 0.717) is 18.2 Å². The first kappa shape index (κ1) is 16.4. The van der Waals surface area contributed by atoms with Crippen molar-refractivity contribution in [2.75, 3.05) is 33.4 Å². The zero-order valence-corrected chi connectivity index (χ0v) is 13.2. The number of likely N-dealkylation sites (tertiary alicyclic amines) is 1. The van der Waals surface area contributed by atoms with E-state index < -0.39 is 5.91 Å². The van der Waals surface area contributed by atoms with E-state index in [1.54, 1.807) is 19.2 Å². The number of furan rings is 1. The molecule has 1 fully saturated rings. The predicted octanol–water partition coefficient (Wildman–Crippen LogP) is 0.812. The summed E-state index contributed by atoms with van der Waals surface area (Å²) in [7, 11) is 1.73. The summed E-state index contributed by atoms with van der Waals surface area (Å²) in [4.78, 5) is 17.8. The molecule has 7 nitrogen and oxygen atoms in total. The van der Waals surface area contributed by atoms with Crippen LogP contribution in [0, 0.1) is 5.92 Å². The number of aliphatic imine (C=N–C) groups is 1. The second-order valence-corrected chi connectivity index (χ2v) is 5.36. The molecule has 0 saturated carbocycles. The minimum atomic E-state index is -0.566. The van der Waals surface area contributed by atoms with Crippen LogP contribution in [0.5, 0.6) is 0 Å². The maximum atomic E-state index is 11.0. The van der Waals surface area contributed by atoms with Gasteiger partial charge >= 0.3 is 0 Å². The SMILES string of the molecule is CCNC(=NCc1ccc(C(N)=O)o1)N1CCC(COC)C1. The van der Waals surface area contributed by atoms with E-state index in [2.05, 4.69) is 15.2 Å². The van der Waals surface area contributed by atoms with Crippen molar-refractivity contribution in [2.45, 2.75) is 19.9 Å². The predicted molar refractivity (Wildman–Crippen MR) is 83.6 cm³/mol. The molecule has 1 atom stereocenters. The smallest absolute Gasteiger partial charge is 0.284 e. The number of ether oxygens (including phenoxy) is 1. The summed E-state index contributed by atoms with van der Waals surface area (Å²) in [6.45, 7) is 5.89. The fourth-order valence-electron chi connectivity index (χ4n) is 2.57. The van der Waals surface area contributed by atoms with Gasteiger partial charge in [0.25, 0.3) is 5.91 Å². The van der Waals surface area contributed by atoms with Crippen molar-refractivity contribution >= 4 is 11.9 Å². The fourth-order valence-corrected chi connectivity index (χ4v) is 2.57. The third kappa shape index (κ3) is 4.24. The number of primary amides is 1. The van der Waals surface area contributed by atoms with Crippen molar-refractivity contribution in [3.63, 3.8) is 0 Å². The molecule has 1 aliphatic rings. The van der Waals surface area contributed by atoms with Crippen molar-refractivity contribution in [1.82, 2.24) is 10.2 Å². The molecular weight excluding hydrogens is 284 g/mol. The number of nitrogens with zero attached hydrogens (tertiary/aromatic N) is 2. The number of nitrogens with two attached hydrogens (primary N) is 1. The van der Waals surface area contributed by atoms with E-state index in [1.807, 2.05) is 6.92 Å². The quantitative estimate of drug-likeness (QED) is 0.599. The summed E-state index contributed by atoms with van der Waals surface area (Å²) < 4.78 is 10.6. The minimum Gasteiger partial charge on any atom is -0.454 e. The summed E-state index contributed by atoms with van der Waals surface area (Å²) in [5.74, 6) is 1.62. The Morgan fingerprint density at radius 1 is 1.59 bits per heavy atom. The van der Waals surface area contributed by atoms with Crippen LogP contribution in [0.15, 0.2) is 21.5 Å². The number of amides is 1. The molecular formula is C15H24N4O3. The van der Waals surface area contributed by atoms with Crippen LogP contribution in [0.1, 0.15) is 29.7 Å². The van der Waals surface area contributed by atoms with E-state index in [-0.39, 0.29) is 5.76 Å². The average Bonchev–Trinajstić information content (AvgIpc) is 3.13. The zero-order chi connectivity index (χ0) is 15.9. The van der Waals surface area contributed by atoms with Crippen molar-refractivity contribution < 1.29 is 13.9 Å². The maximum absolute atomic E-state index is 11.0. The Hall–Kier alpha value is -2.02. The number of methoxy groups -OCH3 is 1. The van der Waals surface area contributed by atoms with Crippen LogP contribution in [-0.4, -0.2) is 50.1 Å². The molecule has 1 aromatic heterocycles. The van der Waals surface area contributed by atoms with Crippen LogP contribution in [0.2, 0.25) is 0 Å². The zero-order valence-electron chi connectivity index (χ0n) is 13.2. The number of hydrogen-bond donors (Lipinski definition) is 2. The van der Waals surface area contributed by atoms with Crippen LogP contribution in [0.4, 0.5) is 0 Å². The van der Waals surface area contributed by atoms with Gasteiger partial charge in [-0.15, -0.1) is 0 Å². The molecule has 1 saturated heterocycles. The number of carbonyl (C=O) groups excluding carboxylic acids is 1. The van der Waals surface area contributed by atoms with Gasteiger partial charge in [-0.1, -0.05) is 0 Å². The first-order valence-electron chi connectivity index (χ1n) is 7.54. The molecule has 0 aromatic carbocycles. The van der Waals surface area contributed by atoms with Gasteiger partial charge in [-0.05, 0) is 25.5 Å². The van der Waals surface area contributed by atoms with Crippen LogP contribution in [0.25, 0.3) is 0 Å². The highest BCUT2D eigenvalue weighted by molar-refractivity contribution is 5.89. The van der Waals surface area contributed by atoms with Crippen molar-refractivity contribution in [2.24, 2.45) is 16.6 Å². The topological polar surface area (TPSA) is 93.1 Å². The lowest BCUT2D eigenvalue weighted by molar-refractivity contribution is 0.0972. The standard InChI is InChI=1S/C15H24N4O3/c1-3-17-15(19-7-6-11(9-19)10-21-2)18-8-12-4-5-13(22-12)14(16)20/h4-5,11H,3,6-10H2,1-2H3,(H2,16,20)(H,17,18). The second kappa shape index (κ2) is 7.84. The van der Waals surface area contributed by atoms with Gasteiger partial charge in [0.2, 0.25) is 0 Å². The van der Waals surface area contributed by atoms with Crippen molar-refractivity contribution in [3.8, 4) is 0 Å². The molecule has 7 heteroatoms. The Labute approximate surface area is 130 Å². The van der Waals surface area contributed by atoms with Gasteiger partial charge < -0.3 is 25.1 Å². The molecule has 2 rings (SSSR count). The third-order valence-corrected chi connectivity index (χ3v) is 3.61. The van der Waals surface area contributed by atoms with Crippen molar-refractivity contribution in [1.29, 1.82) is 0 Å². The fraction of sp³-hybridized carbons (Fsp3) is 0.600. The van der Waals surface area contributed by atoms with Gasteiger partial charge in [0, 0.05) is 32.7 Å². The van der Waals surface area contributed by atoms with Crippen molar-refractivity contribution in [3.05, 3.63) is 23.7 Å². The molecule has 0 aliphatic carbocycles. The number of hydrogen-bond acceptors (Lipinski definition) is 4. The number of rotatable bonds is 6. The summed E-state index contributed by atoms with van der Waals surface area (Å²) in [5, 5.41) is 3.29. The molecule has 122 valence electrons. The van der Waals surface area contributed by atoms with E-state index in [4.69, 9.17) is 14.9 Å². The number of nitrogens with one attached hydrogen (secondary N) is 1. The van der Waals surface area contributed by atoms with Gasteiger partial charge in [0.15, 0.2) is 11.7 Å². The number of guanidine groups is 1. The Morgan fingerprint density at radius 2 is 2.41 bits per heavy atom. The summed E-state index contributed by atoms with van der Waals surface area (Å²) >= 11 is 0. The van der Waals surface area contributed by atoms with E-state index >= 15 is 0 Å². The van der Waals surface area contributed by atoms with Gasteiger partial charge in [-0.2, -0.15) is 0 Å². The normalized spacial score (nSPS) is 18.7. The monoisotopic (exact) mass is 308 g/mol. The van der Waals surface area contributed by atoms with Crippen LogP contribution in [0.3, 0.4) is 0 Å². The largest absolute Gasteiger partial charge is 0.454 e. The van der Waals surface area contributed by atoms with E-state index in [1.165, 1.54) is 0 Å². The Balaban J connectivity index is 1.99. The lowest BCUT2D eigenvalue weighted by Crippen LogP contribution is -2.40. The minimum absolute atomic E-state index is 0.163. The third-order valence-electron chi connectivity index (χ3n) is 3.61. The molecule has 1 unspecified atom stereocenters. The number of carbonyl (C=O) groups is 1. The van der Waals surface area contributed by atoms with Crippen LogP contribution < -0.4 is 11.1 Å². The molecule has 1 aliphatic heterocycles. The highest BCUT2D eigenvalue weighted by Crippen LogP contribution is 2.17. The Morgan fingerprint density at radius 3 is 3.05 bits per heavy atom. The lowest BCUT2D eigenvalue weighted by Gasteiger charge is -2.21. The summed E-state index contributed by atoms with van der Waals surface area (Å²) in [6.07, 6.45) is 1.10. The molecule has 0 bridgehead atoms. The second-order valence-electron chi connectivity index (χ2n) is 5.36. The van der Waals surface area contributed by atoms with Gasteiger partial charge in [-0.25, -0.2) is 4.99 Å². The lowest BCUT2D eigenvalue weighted by atomic mass is 10.1. The Kier molecular flexibility index (Phi) is 5.83. The van der Waals surface area contributed by atoms with Gasteiger partial charge in [0.1, 0.15) is 12.3 Å². The van der Waals surface area contributed by atoms with Gasteiger partial charge in [-0.3, -0.25) is 4.79 Å². The van der Waals surface area contributed by atoms with Gasteiger partial charge in [0.05, 0.1) is 6.61 Å². The molecule has 2 heterocycles. The Bertz CT molecular complexity index is 527. The summed E-state index contributed by atoms with van der Waals surface area (Å²) in [5.41, 5.74) is 5.17. The molecule has 0 radical (unpaired) electrons. The first-order chi connectivity index (χ1) is 10.6. The molecule has 22 heavy (non-hydrogen) atoms. The first-order valence-corrected chi connectivity index (χ1v) is 7.54. The summed E-state index contributed by atoms with van der Waals surface area (Å²) in [6, 6.07) is 3.30. The highest BCUT2D eigenvalue weighted by Gasteiger charge is 2.24. The molecule has 1 aromatic rings. The van der Waals surface area contributed by atoms with E-state index in [0.717, 1.165) is 38.6 Å².